The molecule has 0 aliphatic rings. The van der Waals surface area contributed by atoms with Gasteiger partial charge in [0.25, 0.3) is 0 Å². The summed E-state index contributed by atoms with van der Waals surface area (Å²) >= 11 is 0. The Morgan fingerprint density at radius 3 is 2.76 bits per heavy atom. The highest BCUT2D eigenvalue weighted by Crippen LogP contribution is 2.23. The molecule has 0 aliphatic heterocycles. The SMILES string of the molecule is N#Cc1cccc(Oc2ccccc2CO)n1. The van der Waals surface area contributed by atoms with Crippen molar-refractivity contribution in [2.24, 2.45) is 0 Å². The number of benzene rings is 1. The van der Waals surface area contributed by atoms with Crippen LogP contribution in [-0.4, -0.2) is 10.1 Å². The van der Waals surface area contributed by atoms with Crippen molar-refractivity contribution in [2.45, 2.75) is 6.61 Å². The lowest BCUT2D eigenvalue weighted by Gasteiger charge is -2.08. The summed E-state index contributed by atoms with van der Waals surface area (Å²) in [6.45, 7) is -0.103. The highest BCUT2D eigenvalue weighted by atomic mass is 16.5. The third-order valence-electron chi connectivity index (χ3n) is 2.20. The van der Waals surface area contributed by atoms with Gasteiger partial charge >= 0.3 is 0 Å². The zero-order chi connectivity index (χ0) is 12.1. The van der Waals surface area contributed by atoms with Gasteiger partial charge < -0.3 is 9.84 Å². The molecule has 0 fully saturated rings. The summed E-state index contributed by atoms with van der Waals surface area (Å²) in [6.07, 6.45) is 0. The van der Waals surface area contributed by atoms with Crippen LogP contribution in [-0.2, 0) is 6.61 Å². The molecule has 0 saturated carbocycles. The molecule has 2 rings (SSSR count). The van der Waals surface area contributed by atoms with Gasteiger partial charge in [0.15, 0.2) is 0 Å². The van der Waals surface area contributed by atoms with Gasteiger partial charge in [0.2, 0.25) is 5.88 Å². The van der Waals surface area contributed by atoms with E-state index in [2.05, 4.69) is 4.98 Å². The maximum Gasteiger partial charge on any atom is 0.220 e. The summed E-state index contributed by atoms with van der Waals surface area (Å²) in [5.41, 5.74) is 0.973. The second kappa shape index (κ2) is 5.10. The molecule has 17 heavy (non-hydrogen) atoms. The fraction of sp³-hybridized carbons (Fsp3) is 0.0769. The number of nitriles is 1. The molecule has 0 amide bonds. The van der Waals surface area contributed by atoms with E-state index in [1.54, 1.807) is 30.3 Å². The Labute approximate surface area is 98.7 Å². The van der Waals surface area contributed by atoms with Crippen molar-refractivity contribution >= 4 is 0 Å². The second-order valence-electron chi connectivity index (χ2n) is 3.34. The fourth-order valence-electron chi connectivity index (χ4n) is 1.38. The third kappa shape index (κ3) is 2.60. The first-order valence-electron chi connectivity index (χ1n) is 5.07. The van der Waals surface area contributed by atoms with Gasteiger partial charge in [-0.1, -0.05) is 24.3 Å². The van der Waals surface area contributed by atoms with Crippen molar-refractivity contribution in [3.05, 3.63) is 53.7 Å². The van der Waals surface area contributed by atoms with E-state index in [9.17, 15) is 0 Å². The number of ether oxygens (including phenoxy) is 1. The van der Waals surface area contributed by atoms with Gasteiger partial charge in [-0.15, -0.1) is 0 Å². The Morgan fingerprint density at radius 2 is 2.00 bits per heavy atom. The lowest BCUT2D eigenvalue weighted by molar-refractivity contribution is 0.276. The maximum absolute atomic E-state index is 9.14. The van der Waals surface area contributed by atoms with Crippen LogP contribution < -0.4 is 4.74 Å². The lowest BCUT2D eigenvalue weighted by atomic mass is 10.2. The van der Waals surface area contributed by atoms with E-state index in [0.29, 0.717) is 22.9 Å². The molecule has 0 aliphatic carbocycles. The third-order valence-corrected chi connectivity index (χ3v) is 2.20. The minimum absolute atomic E-state index is 0.103. The Hall–Kier alpha value is -2.38. The Balaban J connectivity index is 2.28. The number of aliphatic hydroxyl groups excluding tert-OH is 1. The average Bonchev–Trinajstić information content (AvgIpc) is 2.39. The Morgan fingerprint density at radius 1 is 1.18 bits per heavy atom. The number of nitrogens with zero attached hydrogens (tertiary/aromatic N) is 2. The molecule has 4 heteroatoms. The van der Waals surface area contributed by atoms with E-state index in [-0.39, 0.29) is 6.61 Å². The van der Waals surface area contributed by atoms with Crippen molar-refractivity contribution in [1.29, 1.82) is 5.26 Å². The minimum Gasteiger partial charge on any atom is -0.439 e. The summed E-state index contributed by atoms with van der Waals surface area (Å²) in [6, 6.07) is 14.0. The van der Waals surface area contributed by atoms with Gasteiger partial charge in [0.1, 0.15) is 17.5 Å². The molecule has 1 heterocycles. The van der Waals surface area contributed by atoms with Gasteiger partial charge in [-0.05, 0) is 12.1 Å². The standard InChI is InChI=1S/C13H10N2O2/c14-8-11-5-3-7-13(15-11)17-12-6-2-1-4-10(12)9-16/h1-7,16H,9H2. The molecule has 1 aromatic carbocycles. The first-order chi connectivity index (χ1) is 8.33. The first-order valence-corrected chi connectivity index (χ1v) is 5.07. The van der Waals surface area contributed by atoms with Gasteiger partial charge in [-0.3, -0.25) is 0 Å². The first kappa shape index (κ1) is 11.1. The summed E-state index contributed by atoms with van der Waals surface area (Å²) in [5, 5.41) is 17.9. The van der Waals surface area contributed by atoms with Crippen molar-refractivity contribution in [3.8, 4) is 17.7 Å². The van der Waals surface area contributed by atoms with Gasteiger partial charge in [-0.25, -0.2) is 4.98 Å². The molecule has 0 saturated heterocycles. The topological polar surface area (TPSA) is 66.1 Å². The van der Waals surface area contributed by atoms with Crippen LogP contribution in [0.3, 0.4) is 0 Å². The molecular formula is C13H10N2O2. The summed E-state index contributed by atoms with van der Waals surface area (Å²) in [5.74, 6) is 0.877. The van der Waals surface area contributed by atoms with E-state index in [4.69, 9.17) is 15.1 Å². The number of pyridine rings is 1. The fourth-order valence-corrected chi connectivity index (χ4v) is 1.38. The molecular weight excluding hydrogens is 216 g/mol. The van der Waals surface area contributed by atoms with E-state index in [0.717, 1.165) is 0 Å². The number of aliphatic hydroxyl groups is 1. The monoisotopic (exact) mass is 226 g/mol. The summed E-state index contributed by atoms with van der Waals surface area (Å²) in [7, 11) is 0. The van der Waals surface area contributed by atoms with Crippen molar-refractivity contribution < 1.29 is 9.84 Å². The average molecular weight is 226 g/mol. The van der Waals surface area contributed by atoms with Crippen LogP contribution in [0.15, 0.2) is 42.5 Å². The van der Waals surface area contributed by atoms with Crippen LogP contribution in [0.2, 0.25) is 0 Å². The Bertz CT molecular complexity index is 561. The van der Waals surface area contributed by atoms with Crippen LogP contribution >= 0.6 is 0 Å². The molecule has 0 unspecified atom stereocenters. The predicted molar refractivity (Wildman–Crippen MR) is 61.4 cm³/mol. The summed E-state index contributed by atoms with van der Waals surface area (Å²) in [4.78, 5) is 4.00. The largest absolute Gasteiger partial charge is 0.439 e. The molecule has 0 bridgehead atoms. The van der Waals surface area contributed by atoms with Gasteiger partial charge in [0.05, 0.1) is 6.61 Å². The second-order valence-corrected chi connectivity index (χ2v) is 3.34. The number of hydrogen-bond acceptors (Lipinski definition) is 4. The molecule has 1 aromatic heterocycles. The Kier molecular flexibility index (Phi) is 3.34. The zero-order valence-electron chi connectivity index (χ0n) is 9.00. The highest BCUT2D eigenvalue weighted by molar-refractivity contribution is 5.36. The molecule has 84 valence electrons. The number of rotatable bonds is 3. The number of para-hydroxylation sites is 1. The zero-order valence-corrected chi connectivity index (χ0v) is 9.00. The maximum atomic E-state index is 9.14. The highest BCUT2D eigenvalue weighted by Gasteiger charge is 2.04. The molecule has 0 spiro atoms. The van der Waals surface area contributed by atoms with Crippen LogP contribution in [0.4, 0.5) is 0 Å². The number of aromatic nitrogens is 1. The predicted octanol–water partition coefficient (Wildman–Crippen LogP) is 2.24. The van der Waals surface area contributed by atoms with Crippen LogP contribution in [0.1, 0.15) is 11.3 Å². The minimum atomic E-state index is -0.103. The molecule has 4 nitrogen and oxygen atoms in total. The van der Waals surface area contributed by atoms with E-state index in [1.165, 1.54) is 0 Å². The van der Waals surface area contributed by atoms with E-state index >= 15 is 0 Å². The molecule has 0 atom stereocenters. The molecule has 1 N–H and O–H groups in total. The van der Waals surface area contributed by atoms with Crippen LogP contribution in [0.25, 0.3) is 0 Å². The van der Waals surface area contributed by atoms with E-state index in [1.807, 2.05) is 18.2 Å². The van der Waals surface area contributed by atoms with Crippen molar-refractivity contribution in [2.75, 3.05) is 0 Å². The van der Waals surface area contributed by atoms with Crippen LogP contribution in [0, 0.1) is 11.3 Å². The molecule has 0 radical (unpaired) electrons. The number of hydrogen-bond donors (Lipinski definition) is 1. The quantitative estimate of drug-likeness (QED) is 0.871. The van der Waals surface area contributed by atoms with Crippen LogP contribution in [0.5, 0.6) is 11.6 Å². The van der Waals surface area contributed by atoms with E-state index < -0.39 is 0 Å². The summed E-state index contributed by atoms with van der Waals surface area (Å²) < 4.78 is 5.52. The smallest absolute Gasteiger partial charge is 0.220 e. The van der Waals surface area contributed by atoms with Crippen molar-refractivity contribution in [3.63, 3.8) is 0 Å². The molecule has 2 aromatic rings. The van der Waals surface area contributed by atoms with Gasteiger partial charge in [0, 0.05) is 11.6 Å². The normalized spacial score (nSPS) is 9.65. The lowest BCUT2D eigenvalue weighted by Crippen LogP contribution is -1.94. The van der Waals surface area contributed by atoms with Crippen molar-refractivity contribution in [1.82, 2.24) is 4.98 Å². The van der Waals surface area contributed by atoms with Gasteiger partial charge in [-0.2, -0.15) is 5.26 Å².